The number of carboxylic acids is 1. The second kappa shape index (κ2) is 5.11. The van der Waals surface area contributed by atoms with Crippen molar-refractivity contribution in [2.45, 2.75) is 25.3 Å². The number of carbonyl (C=O) groups is 2. The van der Waals surface area contributed by atoms with E-state index in [0.29, 0.717) is 0 Å². The fourth-order valence-electron chi connectivity index (χ4n) is 1.92. The Balaban J connectivity index is 2.54. The largest absolute Gasteiger partial charge is 0.480 e. The zero-order chi connectivity index (χ0) is 11.4. The summed E-state index contributed by atoms with van der Waals surface area (Å²) < 4.78 is 0. The normalized spacial score (nSPS) is 22.4. The number of carboxylic acid groups (broad SMARTS) is 1. The van der Waals surface area contributed by atoms with Crippen molar-refractivity contribution in [1.82, 2.24) is 9.80 Å². The maximum Gasteiger partial charge on any atom is 0.323 e. The summed E-state index contributed by atoms with van der Waals surface area (Å²) in [6.45, 7) is 0.695. The molecule has 1 saturated heterocycles. The molecular formula is C10H18N2O3. The van der Waals surface area contributed by atoms with Crippen molar-refractivity contribution in [1.29, 1.82) is 0 Å². The van der Waals surface area contributed by atoms with Crippen molar-refractivity contribution >= 4 is 11.9 Å². The number of piperidine rings is 1. The summed E-state index contributed by atoms with van der Waals surface area (Å²) in [6.07, 6.45) is 2.99. The minimum Gasteiger partial charge on any atom is -0.480 e. The Morgan fingerprint density at radius 3 is 2.67 bits per heavy atom. The second-order valence-corrected chi connectivity index (χ2v) is 4.08. The van der Waals surface area contributed by atoms with Crippen molar-refractivity contribution in [3.63, 3.8) is 0 Å². The molecule has 0 aromatic carbocycles. The van der Waals surface area contributed by atoms with E-state index in [4.69, 9.17) is 5.11 Å². The molecule has 0 aromatic heterocycles. The predicted octanol–water partition coefficient (Wildman–Crippen LogP) is 0.0137. The molecule has 1 unspecified atom stereocenters. The van der Waals surface area contributed by atoms with Crippen molar-refractivity contribution < 1.29 is 14.7 Å². The number of rotatable bonds is 3. The first-order chi connectivity index (χ1) is 7.02. The highest BCUT2D eigenvalue weighted by molar-refractivity contribution is 5.85. The Bertz CT molecular complexity index is 255. The zero-order valence-electron chi connectivity index (χ0n) is 9.27. The van der Waals surface area contributed by atoms with E-state index in [2.05, 4.69) is 0 Å². The minimum atomic E-state index is -0.968. The van der Waals surface area contributed by atoms with Crippen LogP contribution >= 0.6 is 0 Å². The molecule has 0 aromatic rings. The molecule has 1 amide bonds. The van der Waals surface area contributed by atoms with Crippen molar-refractivity contribution in [3.05, 3.63) is 0 Å². The highest BCUT2D eigenvalue weighted by Gasteiger charge is 2.28. The maximum atomic E-state index is 11.9. The fraction of sp³-hybridized carbons (Fsp3) is 0.800. The monoisotopic (exact) mass is 214 g/mol. The van der Waals surface area contributed by atoms with Gasteiger partial charge in [-0.15, -0.1) is 0 Å². The third-order valence-electron chi connectivity index (χ3n) is 2.80. The van der Waals surface area contributed by atoms with Gasteiger partial charge in [0.25, 0.3) is 0 Å². The molecule has 5 heteroatoms. The first kappa shape index (κ1) is 12.0. The van der Waals surface area contributed by atoms with Crippen LogP contribution in [0.4, 0.5) is 0 Å². The molecule has 1 fully saturated rings. The Hall–Kier alpha value is -1.10. The summed E-state index contributed by atoms with van der Waals surface area (Å²) in [5.74, 6) is -1.05. The van der Waals surface area contributed by atoms with Gasteiger partial charge in [0.05, 0.1) is 6.04 Å². The molecule has 0 saturated carbocycles. The van der Waals surface area contributed by atoms with Crippen LogP contribution in [0.2, 0.25) is 0 Å². The van der Waals surface area contributed by atoms with Crippen LogP contribution in [0.3, 0.4) is 0 Å². The first-order valence-electron chi connectivity index (χ1n) is 5.19. The van der Waals surface area contributed by atoms with Gasteiger partial charge in [0.1, 0.15) is 6.54 Å². The number of aliphatic carboxylic acids is 1. The Morgan fingerprint density at radius 2 is 2.13 bits per heavy atom. The standard InChI is InChI=1S/C10H18N2O3/c1-11-6-4-3-5-8(11)10(15)12(2)7-9(13)14/h8H,3-7H2,1-2H3,(H,13,14). The van der Waals surface area contributed by atoms with Crippen LogP contribution in [0.25, 0.3) is 0 Å². The highest BCUT2D eigenvalue weighted by atomic mass is 16.4. The van der Waals surface area contributed by atoms with Gasteiger partial charge in [-0.1, -0.05) is 6.42 Å². The quantitative estimate of drug-likeness (QED) is 0.719. The van der Waals surface area contributed by atoms with E-state index in [0.717, 1.165) is 25.8 Å². The Kier molecular flexibility index (Phi) is 4.08. The minimum absolute atomic E-state index is 0.0837. The molecule has 86 valence electrons. The van der Waals surface area contributed by atoms with E-state index >= 15 is 0 Å². The molecule has 1 N–H and O–H groups in total. The van der Waals surface area contributed by atoms with Crippen LogP contribution in [-0.4, -0.2) is 60.0 Å². The van der Waals surface area contributed by atoms with Crippen LogP contribution in [0.15, 0.2) is 0 Å². The molecule has 15 heavy (non-hydrogen) atoms. The van der Waals surface area contributed by atoms with E-state index in [9.17, 15) is 9.59 Å². The molecule has 5 nitrogen and oxygen atoms in total. The third kappa shape index (κ3) is 3.20. The summed E-state index contributed by atoms with van der Waals surface area (Å²) in [4.78, 5) is 25.6. The molecule has 0 spiro atoms. The van der Waals surface area contributed by atoms with E-state index in [1.807, 2.05) is 11.9 Å². The smallest absolute Gasteiger partial charge is 0.323 e. The summed E-state index contributed by atoms with van der Waals surface area (Å²) >= 11 is 0. The van der Waals surface area contributed by atoms with Crippen LogP contribution in [0, 0.1) is 0 Å². The van der Waals surface area contributed by atoms with Crippen molar-refractivity contribution in [2.75, 3.05) is 27.2 Å². The molecule has 0 bridgehead atoms. The lowest BCUT2D eigenvalue weighted by molar-refractivity contribution is -0.146. The number of carbonyl (C=O) groups excluding carboxylic acids is 1. The average molecular weight is 214 g/mol. The Morgan fingerprint density at radius 1 is 1.47 bits per heavy atom. The van der Waals surface area contributed by atoms with Gasteiger partial charge in [-0.2, -0.15) is 0 Å². The summed E-state index contributed by atoms with van der Waals surface area (Å²) in [5, 5.41) is 8.59. The maximum absolute atomic E-state index is 11.9. The van der Waals surface area contributed by atoms with E-state index < -0.39 is 5.97 Å². The van der Waals surface area contributed by atoms with Gasteiger partial charge in [-0.25, -0.2) is 0 Å². The highest BCUT2D eigenvalue weighted by Crippen LogP contribution is 2.16. The zero-order valence-corrected chi connectivity index (χ0v) is 9.27. The van der Waals surface area contributed by atoms with Crippen molar-refractivity contribution in [2.24, 2.45) is 0 Å². The van der Waals surface area contributed by atoms with Crippen LogP contribution in [0.1, 0.15) is 19.3 Å². The van der Waals surface area contributed by atoms with E-state index in [1.54, 1.807) is 7.05 Å². The van der Waals surface area contributed by atoms with Crippen LogP contribution in [-0.2, 0) is 9.59 Å². The number of nitrogens with zero attached hydrogens (tertiary/aromatic N) is 2. The first-order valence-corrected chi connectivity index (χ1v) is 5.19. The number of likely N-dealkylation sites (N-methyl/N-ethyl adjacent to an activating group) is 2. The fourth-order valence-corrected chi connectivity index (χ4v) is 1.92. The molecular weight excluding hydrogens is 196 g/mol. The lowest BCUT2D eigenvalue weighted by atomic mass is 10.0. The topological polar surface area (TPSA) is 60.9 Å². The van der Waals surface area contributed by atoms with Gasteiger partial charge in [-0.3, -0.25) is 14.5 Å². The van der Waals surface area contributed by atoms with Gasteiger partial charge in [0.15, 0.2) is 0 Å². The van der Waals surface area contributed by atoms with Crippen LogP contribution in [0.5, 0.6) is 0 Å². The predicted molar refractivity (Wildman–Crippen MR) is 55.5 cm³/mol. The molecule has 0 aliphatic carbocycles. The lowest BCUT2D eigenvalue weighted by Gasteiger charge is -2.33. The van der Waals surface area contributed by atoms with Crippen LogP contribution < -0.4 is 0 Å². The summed E-state index contributed by atoms with van der Waals surface area (Å²) in [5.41, 5.74) is 0. The van der Waals surface area contributed by atoms with Gasteiger partial charge < -0.3 is 10.0 Å². The molecule has 1 atom stereocenters. The third-order valence-corrected chi connectivity index (χ3v) is 2.80. The van der Waals surface area contributed by atoms with E-state index in [-0.39, 0.29) is 18.5 Å². The summed E-state index contributed by atoms with van der Waals surface area (Å²) in [7, 11) is 3.45. The lowest BCUT2D eigenvalue weighted by Crippen LogP contribution is -2.49. The number of amides is 1. The number of likely N-dealkylation sites (tertiary alicyclic amines) is 1. The summed E-state index contributed by atoms with van der Waals surface area (Å²) in [6, 6.07) is -0.136. The second-order valence-electron chi connectivity index (χ2n) is 4.08. The molecule has 1 rings (SSSR count). The molecule has 0 radical (unpaired) electrons. The van der Waals surface area contributed by atoms with Gasteiger partial charge >= 0.3 is 5.97 Å². The number of hydrogen-bond donors (Lipinski definition) is 1. The SMILES string of the molecule is CN(CC(=O)O)C(=O)C1CCCCN1C. The van der Waals surface area contributed by atoms with Crippen molar-refractivity contribution in [3.8, 4) is 0 Å². The molecule has 1 heterocycles. The Labute approximate surface area is 89.7 Å². The van der Waals surface area contributed by atoms with Gasteiger partial charge in [0.2, 0.25) is 5.91 Å². The van der Waals surface area contributed by atoms with Gasteiger partial charge in [-0.05, 0) is 26.4 Å². The molecule has 1 aliphatic heterocycles. The van der Waals surface area contributed by atoms with E-state index in [1.165, 1.54) is 4.90 Å². The number of hydrogen-bond acceptors (Lipinski definition) is 3. The average Bonchev–Trinajstić information content (AvgIpc) is 2.16. The molecule has 1 aliphatic rings. The van der Waals surface area contributed by atoms with Gasteiger partial charge in [0, 0.05) is 7.05 Å².